The number of aromatic amines is 1. The van der Waals surface area contributed by atoms with E-state index in [4.69, 9.17) is 4.74 Å². The van der Waals surface area contributed by atoms with Gasteiger partial charge in [0.25, 0.3) is 5.56 Å². The summed E-state index contributed by atoms with van der Waals surface area (Å²) in [5, 5.41) is 13.9. The van der Waals surface area contributed by atoms with Crippen LogP contribution in [-0.2, 0) is 16.8 Å². The van der Waals surface area contributed by atoms with Gasteiger partial charge >= 0.3 is 0 Å². The fourth-order valence-electron chi connectivity index (χ4n) is 4.84. The summed E-state index contributed by atoms with van der Waals surface area (Å²) in [7, 11) is 0. The van der Waals surface area contributed by atoms with Gasteiger partial charge in [-0.15, -0.1) is 5.10 Å². The number of ether oxygens (including phenoxy) is 1. The summed E-state index contributed by atoms with van der Waals surface area (Å²) in [6, 6.07) is 6.23. The Morgan fingerprint density at radius 2 is 2.00 bits per heavy atom. The van der Waals surface area contributed by atoms with Crippen LogP contribution in [0.4, 0.5) is 0 Å². The number of aromatic nitrogens is 5. The highest BCUT2D eigenvalue weighted by Gasteiger charge is 2.32. The predicted octanol–water partition coefficient (Wildman–Crippen LogP) is 4.41. The minimum atomic E-state index is -0.240. The quantitative estimate of drug-likeness (QED) is 0.529. The fraction of sp³-hybridized carbons (Fsp3) is 0.615. The number of nitrogens with one attached hydrogen (secondary N) is 1. The number of fused-ring (bicyclic) bond motifs is 1. The highest BCUT2D eigenvalue weighted by atomic mass is 16.5. The second-order valence-corrected chi connectivity index (χ2v) is 10.6. The molecule has 8 heteroatoms. The van der Waals surface area contributed by atoms with Gasteiger partial charge in [0.15, 0.2) is 5.82 Å². The molecule has 0 unspecified atom stereocenters. The van der Waals surface area contributed by atoms with Gasteiger partial charge in [0.1, 0.15) is 0 Å². The number of hydrogen-bond donors (Lipinski definition) is 1. The van der Waals surface area contributed by atoms with Crippen molar-refractivity contribution < 1.29 is 4.74 Å². The second-order valence-electron chi connectivity index (χ2n) is 10.6. The van der Waals surface area contributed by atoms with Crippen molar-refractivity contribution in [2.75, 3.05) is 13.2 Å². The standard InChI is InChI=1S/C26H38N6O2/c1-7-9-23(24-28-29-30-32(24)26(4,5)6)31(16-21-10-8-11-34-21)15-20-14-19-12-17(2)18(3)13-22(19)27-25(20)33/h12-14,21,23H,7-11,15-16H2,1-6H3,(H,27,33)/t21-,23+/m0/s1. The van der Waals surface area contributed by atoms with E-state index in [9.17, 15) is 4.79 Å². The summed E-state index contributed by atoms with van der Waals surface area (Å²) in [4.78, 5) is 18.6. The second kappa shape index (κ2) is 9.96. The van der Waals surface area contributed by atoms with E-state index in [1.807, 2.05) is 10.7 Å². The van der Waals surface area contributed by atoms with Crippen LogP contribution in [0.25, 0.3) is 10.9 Å². The maximum absolute atomic E-state index is 13.1. The van der Waals surface area contributed by atoms with E-state index in [1.54, 1.807) is 0 Å². The Kier molecular flexibility index (Phi) is 7.19. The smallest absolute Gasteiger partial charge is 0.252 e. The van der Waals surface area contributed by atoms with E-state index in [0.29, 0.717) is 6.54 Å². The molecule has 3 aromatic rings. The van der Waals surface area contributed by atoms with Crippen LogP contribution in [0.3, 0.4) is 0 Å². The summed E-state index contributed by atoms with van der Waals surface area (Å²) < 4.78 is 7.93. The number of aryl methyl sites for hydroxylation is 2. The van der Waals surface area contributed by atoms with Crippen LogP contribution in [0.2, 0.25) is 0 Å². The van der Waals surface area contributed by atoms with Crippen molar-refractivity contribution in [3.63, 3.8) is 0 Å². The summed E-state index contributed by atoms with van der Waals surface area (Å²) in [6.07, 6.45) is 4.14. The zero-order valence-electron chi connectivity index (χ0n) is 21.4. The molecule has 1 saturated heterocycles. The van der Waals surface area contributed by atoms with E-state index in [1.165, 1.54) is 11.1 Å². The SMILES string of the molecule is CCC[C@H](c1nnnn1C(C)(C)C)N(Cc1cc2cc(C)c(C)cc2[nH]c1=O)C[C@@H]1CCCO1. The van der Waals surface area contributed by atoms with Gasteiger partial charge < -0.3 is 9.72 Å². The van der Waals surface area contributed by atoms with Crippen molar-refractivity contribution in [2.24, 2.45) is 0 Å². The molecule has 0 spiro atoms. The van der Waals surface area contributed by atoms with Crippen LogP contribution < -0.4 is 5.56 Å². The molecule has 1 N–H and O–H groups in total. The van der Waals surface area contributed by atoms with E-state index in [0.717, 1.165) is 61.1 Å². The van der Waals surface area contributed by atoms with Gasteiger partial charge in [-0.2, -0.15) is 0 Å². The van der Waals surface area contributed by atoms with Crippen LogP contribution in [-0.4, -0.2) is 49.3 Å². The first kappa shape index (κ1) is 24.5. The van der Waals surface area contributed by atoms with E-state index in [-0.39, 0.29) is 23.2 Å². The first-order valence-electron chi connectivity index (χ1n) is 12.4. The summed E-state index contributed by atoms with van der Waals surface area (Å²) in [5.74, 6) is 0.844. The molecular formula is C26H38N6O2. The van der Waals surface area contributed by atoms with Gasteiger partial charge in [-0.3, -0.25) is 9.69 Å². The average molecular weight is 467 g/mol. The van der Waals surface area contributed by atoms with Gasteiger partial charge in [-0.25, -0.2) is 4.68 Å². The number of rotatable bonds is 8. The molecule has 4 rings (SSSR count). The van der Waals surface area contributed by atoms with Gasteiger partial charge in [-0.05, 0) is 99.0 Å². The first-order valence-corrected chi connectivity index (χ1v) is 12.4. The number of H-pyrrole nitrogens is 1. The molecule has 184 valence electrons. The lowest BCUT2D eigenvalue weighted by Crippen LogP contribution is -2.39. The molecule has 8 nitrogen and oxygen atoms in total. The zero-order valence-corrected chi connectivity index (χ0v) is 21.4. The largest absolute Gasteiger partial charge is 0.377 e. The summed E-state index contributed by atoms with van der Waals surface area (Å²) >= 11 is 0. The highest BCUT2D eigenvalue weighted by molar-refractivity contribution is 5.80. The van der Waals surface area contributed by atoms with Crippen LogP contribution in [0.1, 0.15) is 81.9 Å². The molecule has 1 aliphatic rings. The third kappa shape index (κ3) is 5.23. The van der Waals surface area contributed by atoms with Crippen LogP contribution >= 0.6 is 0 Å². The number of nitrogens with zero attached hydrogens (tertiary/aromatic N) is 5. The van der Waals surface area contributed by atoms with Gasteiger partial charge in [0.05, 0.1) is 17.7 Å². The Morgan fingerprint density at radius 3 is 2.68 bits per heavy atom. The fourth-order valence-corrected chi connectivity index (χ4v) is 4.84. The third-order valence-electron chi connectivity index (χ3n) is 6.80. The monoisotopic (exact) mass is 466 g/mol. The van der Waals surface area contributed by atoms with Crippen molar-refractivity contribution in [2.45, 2.75) is 91.5 Å². The highest BCUT2D eigenvalue weighted by Crippen LogP contribution is 2.30. The number of pyridine rings is 1. The molecule has 1 aromatic carbocycles. The third-order valence-corrected chi connectivity index (χ3v) is 6.80. The minimum absolute atomic E-state index is 0.0155. The molecule has 3 heterocycles. The Morgan fingerprint density at radius 1 is 1.24 bits per heavy atom. The van der Waals surface area contributed by atoms with Crippen molar-refractivity contribution in [1.82, 2.24) is 30.1 Å². The summed E-state index contributed by atoms with van der Waals surface area (Å²) in [6.45, 7) is 14.7. The van der Waals surface area contributed by atoms with Gasteiger partial charge in [0.2, 0.25) is 0 Å². The van der Waals surface area contributed by atoms with Crippen LogP contribution in [0.15, 0.2) is 23.0 Å². The summed E-state index contributed by atoms with van der Waals surface area (Å²) in [5.41, 5.74) is 3.74. The maximum Gasteiger partial charge on any atom is 0.252 e. The van der Waals surface area contributed by atoms with Gasteiger partial charge in [0, 0.05) is 30.8 Å². The predicted molar refractivity (Wildman–Crippen MR) is 134 cm³/mol. The van der Waals surface area contributed by atoms with Gasteiger partial charge in [-0.1, -0.05) is 13.3 Å². The van der Waals surface area contributed by atoms with Crippen molar-refractivity contribution in [3.8, 4) is 0 Å². The topological polar surface area (TPSA) is 88.9 Å². The van der Waals surface area contributed by atoms with E-state index >= 15 is 0 Å². The molecule has 0 saturated carbocycles. The normalized spacial score (nSPS) is 17.7. The molecule has 1 fully saturated rings. The molecule has 2 atom stereocenters. The Hall–Kier alpha value is -2.58. The van der Waals surface area contributed by atoms with E-state index in [2.05, 4.69) is 79.1 Å². The molecule has 2 aromatic heterocycles. The average Bonchev–Trinajstić information content (AvgIpc) is 3.45. The molecule has 0 radical (unpaired) electrons. The van der Waals surface area contributed by atoms with Crippen molar-refractivity contribution >= 4 is 10.9 Å². The Bertz CT molecular complexity index is 1190. The maximum atomic E-state index is 13.1. The zero-order chi connectivity index (χ0) is 24.5. The lowest BCUT2D eigenvalue weighted by atomic mass is 10.0. The number of hydrogen-bond acceptors (Lipinski definition) is 6. The molecular weight excluding hydrogens is 428 g/mol. The van der Waals surface area contributed by atoms with Crippen molar-refractivity contribution in [1.29, 1.82) is 0 Å². The van der Waals surface area contributed by atoms with Crippen LogP contribution in [0.5, 0.6) is 0 Å². The number of tetrazole rings is 1. The number of benzene rings is 1. The minimum Gasteiger partial charge on any atom is -0.377 e. The molecule has 34 heavy (non-hydrogen) atoms. The molecule has 0 aliphatic carbocycles. The first-order chi connectivity index (χ1) is 16.2. The Balaban J connectivity index is 1.75. The van der Waals surface area contributed by atoms with Crippen LogP contribution in [0, 0.1) is 13.8 Å². The van der Waals surface area contributed by atoms with E-state index < -0.39 is 0 Å². The lowest BCUT2D eigenvalue weighted by Gasteiger charge is -2.34. The molecule has 0 amide bonds. The Labute approximate surface area is 201 Å². The van der Waals surface area contributed by atoms with Crippen molar-refractivity contribution in [3.05, 3.63) is 51.1 Å². The lowest BCUT2D eigenvalue weighted by molar-refractivity contribution is 0.0465. The molecule has 1 aliphatic heterocycles. The molecule has 0 bridgehead atoms.